The Labute approximate surface area is 106 Å². The van der Waals surface area contributed by atoms with E-state index in [4.69, 9.17) is 14.2 Å². The quantitative estimate of drug-likeness (QED) is 0.647. The molecule has 0 aromatic heterocycles. The molecule has 15 heavy (non-hydrogen) atoms. The van der Waals surface area contributed by atoms with Crippen LogP contribution in [0, 0.1) is 0 Å². The summed E-state index contributed by atoms with van der Waals surface area (Å²) in [4.78, 5) is 0. The van der Waals surface area contributed by atoms with Crippen molar-refractivity contribution in [1.29, 1.82) is 0 Å². The van der Waals surface area contributed by atoms with Gasteiger partial charge in [-0.3, -0.25) is 0 Å². The van der Waals surface area contributed by atoms with Crippen LogP contribution in [0.3, 0.4) is 0 Å². The van der Waals surface area contributed by atoms with Crippen molar-refractivity contribution >= 4 is 0 Å². The molecule has 0 aliphatic carbocycles. The molecule has 5 heteroatoms. The van der Waals surface area contributed by atoms with Gasteiger partial charge in [-0.05, 0) is 0 Å². The third-order valence-electron chi connectivity index (χ3n) is 2.01. The third-order valence-corrected chi connectivity index (χ3v) is 3.22. The first-order chi connectivity index (χ1) is 6.76. The molecule has 0 saturated carbocycles. The van der Waals surface area contributed by atoms with Crippen molar-refractivity contribution in [3.8, 4) is 17.2 Å². The Morgan fingerprint density at radius 2 is 1.47 bits per heavy atom. The zero-order chi connectivity index (χ0) is 10.6. The molecule has 0 aliphatic rings. The second-order valence-electron chi connectivity index (χ2n) is 2.78. The molecule has 0 fully saturated rings. The molecule has 0 heterocycles. The van der Waals surface area contributed by atoms with E-state index in [1.807, 2.05) is 12.1 Å². The first kappa shape index (κ1) is 14.5. The molecule has 0 bridgehead atoms. The Balaban J connectivity index is 0.00000196. The Hall–Kier alpha value is -0.467. The summed E-state index contributed by atoms with van der Waals surface area (Å²) in [5.74, 6) is 2.12. The van der Waals surface area contributed by atoms with Crippen LogP contribution >= 0.6 is 0 Å². The fourth-order valence-electron chi connectivity index (χ4n) is 1.28. The Bertz CT molecular complexity index is 293. The van der Waals surface area contributed by atoms with Crippen LogP contribution in [0.1, 0.15) is 5.56 Å². The van der Waals surface area contributed by atoms with Gasteiger partial charge in [-0.2, -0.15) is 0 Å². The number of halogens is 1. The van der Waals surface area contributed by atoms with E-state index in [0.717, 1.165) is 16.5 Å². The first-order valence-electron chi connectivity index (χ1n) is 4.35. The molecular formula is C10H13ClO3Zn. The summed E-state index contributed by atoms with van der Waals surface area (Å²) in [7, 11) is 4.87. The van der Waals surface area contributed by atoms with Crippen molar-refractivity contribution < 1.29 is 44.9 Å². The van der Waals surface area contributed by atoms with Gasteiger partial charge in [0.05, 0.1) is 0 Å². The minimum absolute atomic E-state index is 0. The second kappa shape index (κ2) is 6.92. The zero-order valence-electron chi connectivity index (χ0n) is 9.17. The molecule has 0 spiro atoms. The van der Waals surface area contributed by atoms with Gasteiger partial charge in [-0.1, -0.05) is 0 Å². The summed E-state index contributed by atoms with van der Waals surface area (Å²) < 4.78 is 15.7. The van der Waals surface area contributed by atoms with Gasteiger partial charge in [0.25, 0.3) is 0 Å². The molecule has 0 aliphatic heterocycles. The molecule has 3 nitrogen and oxygen atoms in total. The topological polar surface area (TPSA) is 27.7 Å². The van der Waals surface area contributed by atoms with E-state index in [-0.39, 0.29) is 12.4 Å². The maximum atomic E-state index is 5.23. The number of hydrogen-bond acceptors (Lipinski definition) is 3. The zero-order valence-corrected chi connectivity index (χ0v) is 12.9. The predicted molar refractivity (Wildman–Crippen MR) is 49.8 cm³/mol. The largest absolute Gasteiger partial charge is 1.00 e. The van der Waals surface area contributed by atoms with E-state index >= 15 is 0 Å². The minimum atomic E-state index is 0. The van der Waals surface area contributed by atoms with E-state index < -0.39 is 0 Å². The van der Waals surface area contributed by atoms with Gasteiger partial charge in [-0.25, -0.2) is 0 Å². The number of rotatable bonds is 4. The van der Waals surface area contributed by atoms with Crippen molar-refractivity contribution in [2.45, 2.75) is 5.02 Å². The average molecular weight is 282 g/mol. The van der Waals surface area contributed by atoms with Crippen molar-refractivity contribution in [1.82, 2.24) is 0 Å². The first-order valence-corrected chi connectivity index (χ1v) is 6.44. The Morgan fingerprint density at radius 3 is 1.73 bits per heavy atom. The summed E-state index contributed by atoms with van der Waals surface area (Å²) in [5.41, 5.74) is 1.22. The van der Waals surface area contributed by atoms with Crippen molar-refractivity contribution in [2.24, 2.45) is 0 Å². The van der Waals surface area contributed by atoms with Crippen LogP contribution < -0.4 is 26.6 Å². The number of methoxy groups -OCH3 is 3. The number of ether oxygens (including phenoxy) is 3. The van der Waals surface area contributed by atoms with E-state index in [9.17, 15) is 0 Å². The molecule has 1 rings (SSSR count). The minimum Gasteiger partial charge on any atom is -1.00 e. The fraction of sp³-hybridized carbons (Fsp3) is 0.400. The van der Waals surface area contributed by atoms with E-state index in [1.165, 1.54) is 23.9 Å². The molecule has 0 saturated heterocycles. The molecule has 1 aromatic carbocycles. The van der Waals surface area contributed by atoms with Gasteiger partial charge in [0.1, 0.15) is 0 Å². The summed E-state index contributed by atoms with van der Waals surface area (Å²) in [6.45, 7) is 0. The SMILES string of the molecule is COc1cc([CH2][Zn+])cc(OC)c1OC.[Cl-]. The maximum Gasteiger partial charge on any atom is -1.00 e. The monoisotopic (exact) mass is 280 g/mol. The molecule has 0 atom stereocenters. The van der Waals surface area contributed by atoms with Gasteiger partial charge in [-0.15, -0.1) is 0 Å². The summed E-state index contributed by atoms with van der Waals surface area (Å²) in [5, 5.41) is 1.07. The molecule has 0 unspecified atom stereocenters. The maximum absolute atomic E-state index is 5.23. The van der Waals surface area contributed by atoms with Gasteiger partial charge >= 0.3 is 93.8 Å². The van der Waals surface area contributed by atoms with Crippen LogP contribution in [0.5, 0.6) is 17.2 Å². The number of benzene rings is 1. The van der Waals surface area contributed by atoms with Crippen LogP contribution in [0.15, 0.2) is 12.1 Å². The molecule has 80 valence electrons. The predicted octanol–water partition coefficient (Wildman–Crippen LogP) is -1.24. The van der Waals surface area contributed by atoms with Gasteiger partial charge in [0.2, 0.25) is 0 Å². The van der Waals surface area contributed by atoms with Gasteiger partial charge in [0.15, 0.2) is 0 Å². The van der Waals surface area contributed by atoms with Crippen LogP contribution in [-0.2, 0) is 23.3 Å². The van der Waals surface area contributed by atoms with Gasteiger partial charge < -0.3 is 12.4 Å². The molecular weight excluding hydrogens is 269 g/mol. The van der Waals surface area contributed by atoms with Crippen LogP contribution in [0.4, 0.5) is 0 Å². The fourth-order valence-corrected chi connectivity index (χ4v) is 1.89. The summed E-state index contributed by atoms with van der Waals surface area (Å²) in [6.07, 6.45) is 0. The average Bonchev–Trinajstić information content (AvgIpc) is 2.26. The normalized spacial score (nSPS) is 9.13. The van der Waals surface area contributed by atoms with Gasteiger partial charge in [0, 0.05) is 0 Å². The van der Waals surface area contributed by atoms with Crippen LogP contribution in [0.25, 0.3) is 0 Å². The number of hydrogen-bond donors (Lipinski definition) is 0. The summed E-state index contributed by atoms with van der Waals surface area (Å²) in [6, 6.07) is 3.98. The Morgan fingerprint density at radius 1 is 1.00 bits per heavy atom. The van der Waals surface area contributed by atoms with E-state index in [2.05, 4.69) is 0 Å². The van der Waals surface area contributed by atoms with Crippen LogP contribution in [-0.4, -0.2) is 21.3 Å². The van der Waals surface area contributed by atoms with Crippen molar-refractivity contribution in [2.75, 3.05) is 21.3 Å². The third kappa shape index (κ3) is 3.25. The van der Waals surface area contributed by atoms with E-state index in [1.54, 1.807) is 21.3 Å². The van der Waals surface area contributed by atoms with Crippen molar-refractivity contribution in [3.05, 3.63) is 17.7 Å². The van der Waals surface area contributed by atoms with Crippen LogP contribution in [0.2, 0.25) is 0 Å². The summed E-state index contributed by atoms with van der Waals surface area (Å²) >= 11 is 1.22. The second-order valence-corrected chi connectivity index (χ2v) is 3.83. The molecule has 1 aromatic rings. The standard InChI is InChI=1S/C10H13O3.ClH.Zn/c1-7-5-8(11-2)10(13-4)9(6-7)12-3;;/h5-6H,1H2,2-4H3;1H;/q;;+1/p-1. The smallest absolute Gasteiger partial charge is 1.00 e. The molecule has 0 N–H and O–H groups in total. The molecule has 0 radical (unpaired) electrons. The van der Waals surface area contributed by atoms with Crippen molar-refractivity contribution in [3.63, 3.8) is 0 Å². The Kier molecular flexibility index (Phi) is 6.70. The van der Waals surface area contributed by atoms with E-state index in [0.29, 0.717) is 5.75 Å². The molecule has 0 amide bonds.